The van der Waals surface area contributed by atoms with Crippen molar-refractivity contribution in [3.05, 3.63) is 88.3 Å². The van der Waals surface area contributed by atoms with E-state index in [1.165, 1.54) is 35.9 Å². The summed E-state index contributed by atoms with van der Waals surface area (Å²) in [5, 5.41) is 15.8. The van der Waals surface area contributed by atoms with Gasteiger partial charge in [-0.25, -0.2) is 14.2 Å². The first-order valence-electron chi connectivity index (χ1n) is 8.75. The lowest BCUT2D eigenvalue weighted by Crippen LogP contribution is -2.00. The maximum absolute atomic E-state index is 13.0. The van der Waals surface area contributed by atoms with Crippen LogP contribution in [0.2, 0.25) is 0 Å². The number of halogens is 1. The van der Waals surface area contributed by atoms with Crippen LogP contribution in [0.25, 0.3) is 11.3 Å². The van der Waals surface area contributed by atoms with Gasteiger partial charge < -0.3 is 9.84 Å². The Labute approximate surface area is 169 Å². The van der Waals surface area contributed by atoms with Crippen molar-refractivity contribution in [1.82, 2.24) is 14.8 Å². The first-order chi connectivity index (χ1) is 14.1. The van der Waals surface area contributed by atoms with E-state index in [9.17, 15) is 9.18 Å². The molecule has 8 heteroatoms. The van der Waals surface area contributed by atoms with Gasteiger partial charge in [-0.1, -0.05) is 24.3 Å². The lowest BCUT2D eigenvalue weighted by molar-refractivity contribution is 0.0696. The van der Waals surface area contributed by atoms with Crippen LogP contribution in [0.4, 0.5) is 4.39 Å². The van der Waals surface area contributed by atoms with E-state index in [4.69, 9.17) is 9.84 Å². The highest BCUT2D eigenvalue weighted by atomic mass is 32.1. The molecule has 4 rings (SSSR count). The third-order valence-electron chi connectivity index (χ3n) is 4.18. The van der Waals surface area contributed by atoms with Gasteiger partial charge in [-0.3, -0.25) is 4.68 Å². The molecule has 0 atom stereocenters. The average Bonchev–Trinajstić information content (AvgIpc) is 3.38. The Kier molecular flexibility index (Phi) is 5.35. The van der Waals surface area contributed by atoms with Gasteiger partial charge in [0.05, 0.1) is 24.0 Å². The number of thiazole rings is 1. The average molecular weight is 409 g/mol. The second kappa shape index (κ2) is 8.24. The number of carboxylic acids is 1. The highest BCUT2D eigenvalue weighted by molar-refractivity contribution is 7.09. The second-order valence-electron chi connectivity index (χ2n) is 6.30. The number of nitrogens with zero attached hydrogens (tertiary/aromatic N) is 3. The molecule has 0 aliphatic heterocycles. The van der Waals surface area contributed by atoms with Crippen molar-refractivity contribution in [2.24, 2.45) is 0 Å². The Morgan fingerprint density at radius 1 is 1.21 bits per heavy atom. The summed E-state index contributed by atoms with van der Waals surface area (Å²) in [7, 11) is 0. The van der Waals surface area contributed by atoms with Crippen molar-refractivity contribution in [3.8, 4) is 17.0 Å². The lowest BCUT2D eigenvalue weighted by atomic mass is 10.1. The van der Waals surface area contributed by atoms with Crippen LogP contribution < -0.4 is 4.74 Å². The van der Waals surface area contributed by atoms with Gasteiger partial charge in [-0.05, 0) is 29.8 Å². The Morgan fingerprint density at radius 2 is 2.03 bits per heavy atom. The fraction of sp³-hybridized carbons (Fsp3) is 0.0952. The van der Waals surface area contributed by atoms with Crippen LogP contribution in [0.1, 0.15) is 20.9 Å². The maximum Gasteiger partial charge on any atom is 0.338 e. The standard InChI is InChI=1S/C21H16FN3O3S/c22-17-6-4-14(5-7-17)12-28-18-3-1-2-15(8-18)19-13-29-20(24-19)11-25-10-16(9-23-25)21(26)27/h1-10,13H,11-12H2,(H,26,27). The molecular formula is C21H16FN3O3S. The minimum atomic E-state index is -1.01. The molecule has 2 aromatic carbocycles. The second-order valence-corrected chi connectivity index (χ2v) is 7.24. The number of rotatable bonds is 7. The van der Waals surface area contributed by atoms with E-state index in [0.717, 1.165) is 21.8 Å². The Morgan fingerprint density at radius 3 is 2.79 bits per heavy atom. The lowest BCUT2D eigenvalue weighted by Gasteiger charge is -2.07. The quantitative estimate of drug-likeness (QED) is 0.487. The van der Waals surface area contributed by atoms with Crippen LogP contribution >= 0.6 is 11.3 Å². The van der Waals surface area contributed by atoms with Crippen molar-refractivity contribution < 1.29 is 19.0 Å². The number of hydrogen-bond donors (Lipinski definition) is 1. The van der Waals surface area contributed by atoms with Crippen LogP contribution in [0.5, 0.6) is 5.75 Å². The van der Waals surface area contributed by atoms with E-state index >= 15 is 0 Å². The predicted molar refractivity (Wildman–Crippen MR) is 107 cm³/mol. The van der Waals surface area contributed by atoms with E-state index in [1.54, 1.807) is 16.8 Å². The van der Waals surface area contributed by atoms with Gasteiger partial charge in [0.25, 0.3) is 0 Å². The topological polar surface area (TPSA) is 77.2 Å². The minimum Gasteiger partial charge on any atom is -0.489 e. The number of aromatic nitrogens is 3. The monoisotopic (exact) mass is 409 g/mol. The fourth-order valence-electron chi connectivity index (χ4n) is 2.71. The fourth-order valence-corrected chi connectivity index (χ4v) is 3.50. The molecule has 2 aromatic heterocycles. The first-order valence-corrected chi connectivity index (χ1v) is 9.62. The van der Waals surface area contributed by atoms with Gasteiger partial charge in [0, 0.05) is 17.1 Å². The zero-order chi connectivity index (χ0) is 20.2. The molecule has 0 spiro atoms. The minimum absolute atomic E-state index is 0.146. The number of aromatic carboxylic acids is 1. The molecular weight excluding hydrogens is 393 g/mol. The third-order valence-corrected chi connectivity index (χ3v) is 5.01. The normalized spacial score (nSPS) is 10.8. The van der Waals surface area contributed by atoms with Gasteiger partial charge >= 0.3 is 5.97 Å². The van der Waals surface area contributed by atoms with Gasteiger partial charge in [0.2, 0.25) is 0 Å². The molecule has 6 nitrogen and oxygen atoms in total. The van der Waals surface area contributed by atoms with E-state index in [0.29, 0.717) is 18.9 Å². The molecule has 0 saturated carbocycles. The van der Waals surface area contributed by atoms with Crippen LogP contribution in [0.3, 0.4) is 0 Å². The van der Waals surface area contributed by atoms with Crippen LogP contribution in [-0.4, -0.2) is 25.8 Å². The Balaban J connectivity index is 1.44. The van der Waals surface area contributed by atoms with Gasteiger partial charge in [0.1, 0.15) is 23.2 Å². The highest BCUT2D eigenvalue weighted by Crippen LogP contribution is 2.26. The van der Waals surface area contributed by atoms with Gasteiger partial charge in [-0.15, -0.1) is 11.3 Å². The smallest absolute Gasteiger partial charge is 0.338 e. The molecule has 0 aliphatic rings. The number of ether oxygens (including phenoxy) is 1. The zero-order valence-corrected chi connectivity index (χ0v) is 16.0. The highest BCUT2D eigenvalue weighted by Gasteiger charge is 2.10. The predicted octanol–water partition coefficient (Wildman–Crippen LogP) is 4.47. The summed E-state index contributed by atoms with van der Waals surface area (Å²) in [6, 6.07) is 13.8. The zero-order valence-electron chi connectivity index (χ0n) is 15.2. The molecule has 0 bridgehead atoms. The number of benzene rings is 2. The summed E-state index contributed by atoms with van der Waals surface area (Å²) >= 11 is 1.48. The summed E-state index contributed by atoms with van der Waals surface area (Å²) in [4.78, 5) is 15.6. The van der Waals surface area contributed by atoms with Gasteiger partial charge in [0.15, 0.2) is 0 Å². The van der Waals surface area contributed by atoms with E-state index in [2.05, 4.69) is 10.1 Å². The van der Waals surface area contributed by atoms with E-state index < -0.39 is 5.97 Å². The Hall–Kier alpha value is -3.52. The largest absolute Gasteiger partial charge is 0.489 e. The molecule has 29 heavy (non-hydrogen) atoms. The van der Waals surface area contributed by atoms with Gasteiger partial charge in [-0.2, -0.15) is 5.10 Å². The van der Waals surface area contributed by atoms with Crippen molar-refractivity contribution in [1.29, 1.82) is 0 Å². The molecule has 0 aliphatic carbocycles. The van der Waals surface area contributed by atoms with Crippen molar-refractivity contribution in [2.75, 3.05) is 0 Å². The van der Waals surface area contributed by atoms with E-state index in [-0.39, 0.29) is 11.4 Å². The molecule has 0 unspecified atom stereocenters. The van der Waals surface area contributed by atoms with Crippen LogP contribution in [0, 0.1) is 5.82 Å². The molecule has 0 fully saturated rings. The summed E-state index contributed by atoms with van der Waals surface area (Å²) in [5.41, 5.74) is 2.75. The molecule has 146 valence electrons. The Bertz CT molecular complexity index is 1140. The van der Waals surface area contributed by atoms with E-state index in [1.807, 2.05) is 29.6 Å². The summed E-state index contributed by atoms with van der Waals surface area (Å²) < 4.78 is 20.3. The molecule has 0 saturated heterocycles. The molecule has 0 amide bonds. The summed E-state index contributed by atoms with van der Waals surface area (Å²) in [6.45, 7) is 0.746. The molecule has 0 radical (unpaired) electrons. The number of carbonyl (C=O) groups is 1. The van der Waals surface area contributed by atoms with Crippen molar-refractivity contribution >= 4 is 17.3 Å². The van der Waals surface area contributed by atoms with Crippen molar-refractivity contribution in [3.63, 3.8) is 0 Å². The number of hydrogen-bond acceptors (Lipinski definition) is 5. The number of carboxylic acid groups (broad SMARTS) is 1. The SMILES string of the molecule is O=C(O)c1cnn(Cc2nc(-c3cccc(OCc4ccc(F)cc4)c3)cs2)c1. The first kappa shape index (κ1) is 18.8. The molecule has 1 N–H and O–H groups in total. The maximum atomic E-state index is 13.0. The third kappa shape index (κ3) is 4.67. The van der Waals surface area contributed by atoms with Crippen molar-refractivity contribution in [2.45, 2.75) is 13.2 Å². The summed E-state index contributed by atoms with van der Waals surface area (Å²) in [6.07, 6.45) is 2.80. The van der Waals surface area contributed by atoms with Crippen LogP contribution in [0.15, 0.2) is 66.3 Å². The molecule has 4 aromatic rings. The molecule has 2 heterocycles. The summed E-state index contributed by atoms with van der Waals surface area (Å²) in [5.74, 6) is -0.586. The van der Waals surface area contributed by atoms with Crippen LogP contribution in [-0.2, 0) is 13.2 Å².